The molecule has 0 amide bonds. The molecular weight excluding hydrogens is 200 g/mol. The Hall–Kier alpha value is -1.22. The van der Waals surface area contributed by atoms with Gasteiger partial charge in [0.05, 0.1) is 14.2 Å². The van der Waals surface area contributed by atoms with Crippen LogP contribution in [0.5, 0.6) is 0 Å². The molecule has 0 aromatic carbocycles. The van der Waals surface area contributed by atoms with Gasteiger partial charge < -0.3 is 29.9 Å². The zero-order valence-electron chi connectivity index (χ0n) is 7.42. The van der Waals surface area contributed by atoms with Crippen molar-refractivity contribution in [3.63, 3.8) is 0 Å². The fraction of sp³-hybridized carbons (Fsp3) is 0.667. The maximum absolute atomic E-state index is 10.7. The third-order valence-electron chi connectivity index (χ3n) is 1.43. The minimum absolute atomic E-state index is 0.761. The molecule has 0 aromatic rings. The summed E-state index contributed by atoms with van der Waals surface area (Å²) in [6.07, 6.45) is 0. The van der Waals surface area contributed by atoms with Crippen molar-refractivity contribution < 1.29 is 39.5 Å². The molecule has 0 unspecified atom stereocenters. The Kier molecular flexibility index (Phi) is 3.54. The summed E-state index contributed by atoms with van der Waals surface area (Å²) < 4.78 is 7.66. The van der Waals surface area contributed by atoms with Crippen molar-refractivity contribution in [2.75, 3.05) is 14.2 Å². The molecule has 0 spiro atoms. The lowest BCUT2D eigenvalue weighted by Crippen LogP contribution is -2.64. The summed E-state index contributed by atoms with van der Waals surface area (Å²) in [5.74, 6) is -11.2. The molecule has 14 heavy (non-hydrogen) atoms. The van der Waals surface area contributed by atoms with E-state index in [1.54, 1.807) is 0 Å². The molecule has 0 aliphatic rings. The Labute approximate surface area is 78.3 Å². The highest BCUT2D eigenvalue weighted by Gasteiger charge is 2.61. The van der Waals surface area contributed by atoms with Gasteiger partial charge in [0.15, 0.2) is 0 Å². The molecule has 0 aliphatic carbocycles. The molecule has 0 heterocycles. The quantitative estimate of drug-likeness (QED) is 0.281. The summed E-state index contributed by atoms with van der Waals surface area (Å²) in [4.78, 5) is 21.3. The van der Waals surface area contributed by atoms with Crippen LogP contribution in [0, 0.1) is 0 Å². The maximum atomic E-state index is 10.7. The first-order chi connectivity index (χ1) is 6.21. The highest BCUT2D eigenvalue weighted by Crippen LogP contribution is 2.19. The largest absolute Gasteiger partial charge is 0.465 e. The van der Waals surface area contributed by atoms with Crippen LogP contribution in [0.4, 0.5) is 0 Å². The molecule has 4 N–H and O–H groups in total. The van der Waals surface area contributed by atoms with Crippen molar-refractivity contribution in [1.82, 2.24) is 0 Å². The van der Waals surface area contributed by atoms with Crippen LogP contribution in [0.2, 0.25) is 0 Å². The summed E-state index contributed by atoms with van der Waals surface area (Å²) in [6.45, 7) is 0. The van der Waals surface area contributed by atoms with Gasteiger partial charge in [-0.1, -0.05) is 0 Å². The number of ether oxygens (including phenoxy) is 2. The van der Waals surface area contributed by atoms with E-state index in [4.69, 9.17) is 20.4 Å². The summed E-state index contributed by atoms with van der Waals surface area (Å²) in [5, 5.41) is 35.6. The zero-order valence-corrected chi connectivity index (χ0v) is 7.42. The monoisotopic (exact) mass is 210 g/mol. The first-order valence-corrected chi connectivity index (χ1v) is 3.28. The number of hydrogen-bond acceptors (Lipinski definition) is 8. The van der Waals surface area contributed by atoms with Crippen LogP contribution in [-0.2, 0) is 19.1 Å². The van der Waals surface area contributed by atoms with Gasteiger partial charge in [-0.05, 0) is 0 Å². The topological polar surface area (TPSA) is 134 Å². The van der Waals surface area contributed by atoms with Gasteiger partial charge >= 0.3 is 23.5 Å². The average Bonchev–Trinajstić information content (AvgIpc) is 2.14. The Bertz CT molecular complexity index is 216. The molecule has 0 rings (SSSR count). The fourth-order valence-corrected chi connectivity index (χ4v) is 0.569. The van der Waals surface area contributed by atoms with E-state index in [9.17, 15) is 9.59 Å². The molecule has 0 fully saturated rings. The molecule has 0 aliphatic heterocycles. The standard InChI is InChI=1S/C6H10O8/c1-13-3(7)5(9,10)6(11,12)4(8)14-2/h9-12H,1-2H3. The van der Waals surface area contributed by atoms with Crippen molar-refractivity contribution in [2.45, 2.75) is 11.6 Å². The van der Waals surface area contributed by atoms with E-state index in [2.05, 4.69) is 9.47 Å². The van der Waals surface area contributed by atoms with Gasteiger partial charge in [-0.3, -0.25) is 0 Å². The molecule has 0 saturated heterocycles. The van der Waals surface area contributed by atoms with E-state index in [0.717, 1.165) is 14.2 Å². The van der Waals surface area contributed by atoms with Crippen LogP contribution in [0.1, 0.15) is 0 Å². The van der Waals surface area contributed by atoms with Crippen molar-refractivity contribution in [1.29, 1.82) is 0 Å². The van der Waals surface area contributed by atoms with E-state index >= 15 is 0 Å². The smallest absolute Gasteiger partial charge is 0.372 e. The predicted octanol–water partition coefficient (Wildman–Crippen LogP) is -3.31. The lowest BCUT2D eigenvalue weighted by Gasteiger charge is -2.29. The van der Waals surface area contributed by atoms with E-state index in [-0.39, 0.29) is 0 Å². The summed E-state index contributed by atoms with van der Waals surface area (Å²) in [7, 11) is 1.52. The van der Waals surface area contributed by atoms with Gasteiger partial charge in [-0.25, -0.2) is 9.59 Å². The van der Waals surface area contributed by atoms with Gasteiger partial charge in [-0.2, -0.15) is 0 Å². The number of aliphatic hydroxyl groups is 4. The summed E-state index contributed by atoms with van der Waals surface area (Å²) >= 11 is 0. The van der Waals surface area contributed by atoms with Crippen LogP contribution < -0.4 is 0 Å². The summed E-state index contributed by atoms with van der Waals surface area (Å²) in [5.41, 5.74) is 0. The molecule has 0 aromatic heterocycles. The van der Waals surface area contributed by atoms with Crippen LogP contribution >= 0.6 is 0 Å². The molecule has 8 nitrogen and oxygen atoms in total. The zero-order chi connectivity index (χ0) is 11.6. The van der Waals surface area contributed by atoms with Gasteiger partial charge in [0, 0.05) is 0 Å². The Morgan fingerprint density at radius 3 is 1.21 bits per heavy atom. The first kappa shape index (κ1) is 12.8. The van der Waals surface area contributed by atoms with E-state index < -0.39 is 23.5 Å². The maximum Gasteiger partial charge on any atom is 0.372 e. The van der Waals surface area contributed by atoms with E-state index in [0.29, 0.717) is 0 Å². The van der Waals surface area contributed by atoms with Gasteiger partial charge in [0.25, 0.3) is 0 Å². The number of esters is 2. The molecule has 82 valence electrons. The van der Waals surface area contributed by atoms with Crippen LogP contribution in [0.3, 0.4) is 0 Å². The average molecular weight is 210 g/mol. The van der Waals surface area contributed by atoms with E-state index in [1.807, 2.05) is 0 Å². The first-order valence-electron chi connectivity index (χ1n) is 3.28. The van der Waals surface area contributed by atoms with Crippen LogP contribution in [-0.4, -0.2) is 58.2 Å². The molecule has 8 heteroatoms. The van der Waals surface area contributed by atoms with Crippen molar-refractivity contribution >= 4 is 11.9 Å². The predicted molar refractivity (Wildman–Crippen MR) is 38.4 cm³/mol. The number of carbonyl (C=O) groups excluding carboxylic acids is 2. The van der Waals surface area contributed by atoms with Crippen molar-refractivity contribution in [3.8, 4) is 0 Å². The molecular formula is C6H10O8. The van der Waals surface area contributed by atoms with Crippen molar-refractivity contribution in [2.24, 2.45) is 0 Å². The van der Waals surface area contributed by atoms with Crippen molar-refractivity contribution in [3.05, 3.63) is 0 Å². The number of rotatable bonds is 3. The lowest BCUT2D eigenvalue weighted by atomic mass is 10.1. The fourth-order valence-electron chi connectivity index (χ4n) is 0.569. The highest BCUT2D eigenvalue weighted by molar-refractivity contribution is 5.89. The molecule has 0 saturated carbocycles. The SMILES string of the molecule is COC(=O)C(O)(O)C(O)(O)C(=O)OC. The highest BCUT2D eigenvalue weighted by atomic mass is 16.7. The molecule has 0 bridgehead atoms. The Balaban J connectivity index is 5.06. The van der Waals surface area contributed by atoms with Gasteiger partial charge in [0.1, 0.15) is 0 Å². The van der Waals surface area contributed by atoms with Gasteiger partial charge in [-0.15, -0.1) is 0 Å². The number of methoxy groups -OCH3 is 2. The lowest BCUT2D eigenvalue weighted by molar-refractivity contribution is -0.334. The van der Waals surface area contributed by atoms with Crippen LogP contribution in [0.15, 0.2) is 0 Å². The van der Waals surface area contributed by atoms with Gasteiger partial charge in [0.2, 0.25) is 0 Å². The second-order valence-corrected chi connectivity index (χ2v) is 2.33. The normalized spacial score (nSPS) is 12.1. The molecule has 0 radical (unpaired) electrons. The third kappa shape index (κ3) is 1.82. The van der Waals surface area contributed by atoms with E-state index in [1.165, 1.54) is 0 Å². The van der Waals surface area contributed by atoms with Crippen LogP contribution in [0.25, 0.3) is 0 Å². The Morgan fingerprint density at radius 1 is 0.857 bits per heavy atom. The second kappa shape index (κ2) is 3.88. The summed E-state index contributed by atoms with van der Waals surface area (Å²) in [6, 6.07) is 0. The number of hydrogen-bond donors (Lipinski definition) is 4. The minimum Gasteiger partial charge on any atom is -0.465 e. The molecule has 0 atom stereocenters. The number of carbonyl (C=O) groups is 2. The minimum atomic E-state index is -3.80. The Morgan fingerprint density at radius 2 is 1.07 bits per heavy atom. The third-order valence-corrected chi connectivity index (χ3v) is 1.43. The second-order valence-electron chi connectivity index (χ2n) is 2.33.